The highest BCUT2D eigenvalue weighted by molar-refractivity contribution is 8.00. The number of nitrogens with one attached hydrogen (secondary N) is 2. The molecular formula is C23H24N2O4S2. The van der Waals surface area contributed by atoms with Crippen molar-refractivity contribution in [3.63, 3.8) is 0 Å². The van der Waals surface area contributed by atoms with Crippen LogP contribution in [0.15, 0.2) is 82.6 Å². The van der Waals surface area contributed by atoms with Crippen LogP contribution in [-0.2, 0) is 14.8 Å². The number of thioether (sulfide) groups is 1. The molecule has 0 saturated carbocycles. The number of carbonyl (C=O) groups is 1. The Labute approximate surface area is 187 Å². The van der Waals surface area contributed by atoms with Crippen molar-refractivity contribution in [1.82, 2.24) is 0 Å². The summed E-state index contributed by atoms with van der Waals surface area (Å²) in [7, 11) is -2.40. The maximum absolute atomic E-state index is 12.9. The van der Waals surface area contributed by atoms with Crippen LogP contribution >= 0.6 is 11.8 Å². The number of benzene rings is 3. The molecule has 8 heteroatoms. The highest BCUT2D eigenvalue weighted by atomic mass is 32.2. The standard InChI is InChI=1S/C23H24N2O4S2/c1-16-13-14-19(31(27,28)25-20-11-7-8-12-22(20)29-3)15-21(16)24-23(26)17(2)30-18-9-5-4-6-10-18/h4-15,17,25H,1-3H3,(H,24,26)/t17-/m1/s1. The average molecular weight is 457 g/mol. The molecule has 0 saturated heterocycles. The lowest BCUT2D eigenvalue weighted by molar-refractivity contribution is -0.115. The van der Waals surface area contributed by atoms with Gasteiger partial charge in [-0.15, -0.1) is 11.8 Å². The summed E-state index contributed by atoms with van der Waals surface area (Å²) >= 11 is 1.44. The molecule has 0 aromatic heterocycles. The van der Waals surface area contributed by atoms with E-state index in [-0.39, 0.29) is 16.1 Å². The number of carbonyl (C=O) groups excluding carboxylic acids is 1. The van der Waals surface area contributed by atoms with Crippen LogP contribution in [0, 0.1) is 6.92 Å². The second kappa shape index (κ2) is 9.89. The van der Waals surface area contributed by atoms with E-state index in [9.17, 15) is 13.2 Å². The van der Waals surface area contributed by atoms with Gasteiger partial charge < -0.3 is 10.1 Å². The summed E-state index contributed by atoms with van der Waals surface area (Å²) in [6.45, 7) is 3.63. The fourth-order valence-electron chi connectivity index (χ4n) is 2.83. The molecule has 2 N–H and O–H groups in total. The Hall–Kier alpha value is -2.97. The molecule has 0 aliphatic heterocycles. The van der Waals surface area contributed by atoms with Crippen LogP contribution in [0.3, 0.4) is 0 Å². The molecule has 0 heterocycles. The monoisotopic (exact) mass is 456 g/mol. The molecule has 162 valence electrons. The van der Waals surface area contributed by atoms with Gasteiger partial charge >= 0.3 is 0 Å². The first-order valence-corrected chi connectivity index (χ1v) is 12.0. The van der Waals surface area contributed by atoms with Crippen LogP contribution in [0.5, 0.6) is 5.75 Å². The number of ether oxygens (including phenoxy) is 1. The van der Waals surface area contributed by atoms with Crippen LogP contribution in [-0.4, -0.2) is 26.7 Å². The van der Waals surface area contributed by atoms with Gasteiger partial charge in [-0.1, -0.05) is 36.4 Å². The number of hydrogen-bond acceptors (Lipinski definition) is 5. The number of para-hydroxylation sites is 2. The number of sulfonamides is 1. The van der Waals surface area contributed by atoms with E-state index >= 15 is 0 Å². The van der Waals surface area contributed by atoms with Crippen LogP contribution in [0.1, 0.15) is 12.5 Å². The van der Waals surface area contributed by atoms with Crippen molar-refractivity contribution in [2.24, 2.45) is 0 Å². The topological polar surface area (TPSA) is 84.5 Å². The lowest BCUT2D eigenvalue weighted by Crippen LogP contribution is -2.23. The van der Waals surface area contributed by atoms with E-state index in [1.54, 1.807) is 30.3 Å². The minimum Gasteiger partial charge on any atom is -0.495 e. The highest BCUT2D eigenvalue weighted by Crippen LogP contribution is 2.29. The van der Waals surface area contributed by atoms with E-state index in [2.05, 4.69) is 10.0 Å². The van der Waals surface area contributed by atoms with Crippen LogP contribution in [0.25, 0.3) is 0 Å². The first-order chi connectivity index (χ1) is 14.8. The zero-order valence-corrected chi connectivity index (χ0v) is 19.1. The molecule has 3 aromatic rings. The molecule has 0 spiro atoms. The van der Waals surface area contributed by atoms with Gasteiger partial charge in [-0.2, -0.15) is 0 Å². The number of hydrogen-bond donors (Lipinski definition) is 2. The van der Waals surface area contributed by atoms with Crippen LogP contribution in [0.4, 0.5) is 11.4 Å². The zero-order valence-electron chi connectivity index (χ0n) is 17.5. The molecule has 0 aliphatic rings. The van der Waals surface area contributed by atoms with Gasteiger partial charge in [0.1, 0.15) is 5.75 Å². The summed E-state index contributed by atoms with van der Waals surface area (Å²) in [5.74, 6) is 0.211. The van der Waals surface area contributed by atoms with Crippen molar-refractivity contribution in [2.45, 2.75) is 28.9 Å². The lowest BCUT2D eigenvalue weighted by atomic mass is 10.2. The van der Waals surface area contributed by atoms with Crippen molar-refractivity contribution in [3.05, 3.63) is 78.4 Å². The maximum atomic E-state index is 12.9. The number of rotatable bonds is 8. The predicted molar refractivity (Wildman–Crippen MR) is 125 cm³/mol. The first kappa shape index (κ1) is 22.7. The number of anilines is 2. The Morgan fingerprint density at radius 3 is 2.35 bits per heavy atom. The second-order valence-corrected chi connectivity index (χ2v) is 9.94. The minimum atomic E-state index is -3.88. The van der Waals surface area contributed by atoms with E-state index in [1.165, 1.54) is 31.0 Å². The minimum absolute atomic E-state index is 0.0441. The quantitative estimate of drug-likeness (QED) is 0.470. The third-order valence-electron chi connectivity index (χ3n) is 4.55. The fourth-order valence-corrected chi connectivity index (χ4v) is 4.81. The van der Waals surface area contributed by atoms with E-state index in [0.717, 1.165) is 10.5 Å². The molecule has 0 aliphatic carbocycles. The SMILES string of the molecule is COc1ccccc1NS(=O)(=O)c1ccc(C)c(NC(=O)[C@@H](C)Sc2ccccc2)c1. The summed E-state index contributed by atoms with van der Waals surface area (Å²) in [6.07, 6.45) is 0. The van der Waals surface area contributed by atoms with Crippen LogP contribution in [0.2, 0.25) is 0 Å². The Bertz CT molecular complexity index is 1170. The summed E-state index contributed by atoms with van der Waals surface area (Å²) in [6, 6.07) is 21.0. The smallest absolute Gasteiger partial charge is 0.262 e. The van der Waals surface area contributed by atoms with E-state index in [4.69, 9.17) is 4.74 Å². The van der Waals surface area contributed by atoms with Crippen molar-refractivity contribution in [1.29, 1.82) is 0 Å². The molecule has 3 rings (SSSR count). The number of aryl methyl sites for hydroxylation is 1. The lowest BCUT2D eigenvalue weighted by Gasteiger charge is -2.16. The van der Waals surface area contributed by atoms with Gasteiger partial charge in [-0.25, -0.2) is 8.42 Å². The summed E-state index contributed by atoms with van der Waals surface area (Å²) in [5.41, 5.74) is 1.55. The van der Waals surface area contributed by atoms with Crippen molar-refractivity contribution in [2.75, 3.05) is 17.1 Å². The Balaban J connectivity index is 1.78. The van der Waals surface area contributed by atoms with E-state index in [1.807, 2.05) is 44.2 Å². The highest BCUT2D eigenvalue weighted by Gasteiger charge is 2.20. The largest absolute Gasteiger partial charge is 0.495 e. The first-order valence-electron chi connectivity index (χ1n) is 9.59. The van der Waals surface area contributed by atoms with Gasteiger partial charge in [-0.05, 0) is 55.8 Å². The third-order valence-corrected chi connectivity index (χ3v) is 7.03. The average Bonchev–Trinajstić information content (AvgIpc) is 2.76. The Morgan fingerprint density at radius 2 is 1.65 bits per heavy atom. The molecule has 31 heavy (non-hydrogen) atoms. The number of methoxy groups -OCH3 is 1. The van der Waals surface area contributed by atoms with Gasteiger partial charge in [-0.3, -0.25) is 9.52 Å². The molecule has 6 nitrogen and oxygen atoms in total. The normalized spacial score (nSPS) is 12.1. The molecule has 0 radical (unpaired) electrons. The summed E-state index contributed by atoms with van der Waals surface area (Å²) < 4.78 is 33.6. The van der Waals surface area contributed by atoms with Crippen molar-refractivity contribution >= 4 is 39.1 Å². The summed E-state index contributed by atoms with van der Waals surface area (Å²) in [5, 5.41) is 2.50. The summed E-state index contributed by atoms with van der Waals surface area (Å²) in [4.78, 5) is 13.7. The molecule has 3 aromatic carbocycles. The molecule has 1 amide bonds. The Morgan fingerprint density at radius 1 is 0.968 bits per heavy atom. The molecule has 0 bridgehead atoms. The van der Waals surface area contributed by atoms with Gasteiger partial charge in [0.15, 0.2) is 0 Å². The predicted octanol–water partition coefficient (Wildman–Crippen LogP) is 4.92. The molecule has 0 fully saturated rings. The van der Waals surface area contributed by atoms with Crippen molar-refractivity contribution in [3.8, 4) is 5.75 Å². The molecular weight excluding hydrogens is 432 g/mol. The Kier molecular flexibility index (Phi) is 7.25. The molecule has 1 atom stereocenters. The van der Waals surface area contributed by atoms with Gasteiger partial charge in [0.2, 0.25) is 5.91 Å². The van der Waals surface area contributed by atoms with Crippen molar-refractivity contribution < 1.29 is 17.9 Å². The van der Waals surface area contributed by atoms with Gasteiger partial charge in [0.05, 0.1) is 22.9 Å². The van der Waals surface area contributed by atoms with Gasteiger partial charge in [0.25, 0.3) is 10.0 Å². The zero-order chi connectivity index (χ0) is 22.4. The fraction of sp³-hybridized carbons (Fsp3) is 0.174. The van der Waals surface area contributed by atoms with Crippen LogP contribution < -0.4 is 14.8 Å². The maximum Gasteiger partial charge on any atom is 0.262 e. The second-order valence-electron chi connectivity index (χ2n) is 6.84. The molecule has 0 unspecified atom stereocenters. The van der Waals surface area contributed by atoms with E-state index < -0.39 is 10.0 Å². The van der Waals surface area contributed by atoms with Gasteiger partial charge in [0, 0.05) is 10.6 Å². The third kappa shape index (κ3) is 5.80. The van der Waals surface area contributed by atoms with E-state index in [0.29, 0.717) is 17.1 Å². The number of amides is 1.